The molecule has 9 heteroatoms. The first-order valence-corrected chi connectivity index (χ1v) is 5.63. The molecule has 0 rings (SSSR count). The quantitative estimate of drug-likeness (QED) is 0.591. The van der Waals surface area contributed by atoms with E-state index in [0.717, 1.165) is 0 Å². The lowest BCUT2D eigenvalue weighted by Crippen LogP contribution is -2.58. The minimum absolute atomic E-state index is 0.172. The molecule has 0 aliphatic rings. The molecule has 112 valence electrons. The zero-order valence-electron chi connectivity index (χ0n) is 10.4. The SMILES string of the molecule is CC(C)(C)N(CC(=O)CCl)C(=O)C(F)(F)C(F)(F)F. The van der Waals surface area contributed by atoms with Crippen LogP contribution in [-0.2, 0) is 9.59 Å². The topological polar surface area (TPSA) is 37.4 Å². The third-order valence-corrected chi connectivity index (χ3v) is 2.46. The summed E-state index contributed by atoms with van der Waals surface area (Å²) in [4.78, 5) is 22.6. The molecule has 0 bridgehead atoms. The molecule has 0 fully saturated rings. The van der Waals surface area contributed by atoms with Crippen LogP contribution in [-0.4, -0.2) is 46.7 Å². The molecule has 1 amide bonds. The maximum atomic E-state index is 13.0. The van der Waals surface area contributed by atoms with E-state index >= 15 is 0 Å². The average Bonchev–Trinajstić information content (AvgIpc) is 2.21. The predicted molar refractivity (Wildman–Crippen MR) is 58.2 cm³/mol. The molecular weight excluding hydrogens is 297 g/mol. The van der Waals surface area contributed by atoms with Crippen LogP contribution >= 0.6 is 11.6 Å². The Morgan fingerprint density at radius 2 is 1.47 bits per heavy atom. The number of Topliss-reactive ketones (excluding diaryl/α,β-unsaturated/α-hetero) is 1. The van der Waals surface area contributed by atoms with Gasteiger partial charge in [0.15, 0.2) is 5.78 Å². The Balaban J connectivity index is 5.42. The molecule has 0 heterocycles. The maximum Gasteiger partial charge on any atom is 0.463 e. The smallest absolute Gasteiger partial charge is 0.325 e. The van der Waals surface area contributed by atoms with Crippen molar-refractivity contribution in [3.63, 3.8) is 0 Å². The van der Waals surface area contributed by atoms with Crippen molar-refractivity contribution in [1.29, 1.82) is 0 Å². The molecule has 0 saturated carbocycles. The summed E-state index contributed by atoms with van der Waals surface area (Å²) in [7, 11) is 0. The molecule has 0 aliphatic carbocycles. The summed E-state index contributed by atoms with van der Waals surface area (Å²) in [6, 6.07) is 0. The summed E-state index contributed by atoms with van der Waals surface area (Å²) in [6.07, 6.45) is -6.02. The van der Waals surface area contributed by atoms with Crippen LogP contribution in [0.3, 0.4) is 0 Å². The normalized spacial score (nSPS) is 13.3. The van der Waals surface area contributed by atoms with Crippen molar-refractivity contribution in [2.75, 3.05) is 12.4 Å². The first-order chi connectivity index (χ1) is 8.25. The van der Waals surface area contributed by atoms with Gasteiger partial charge in [-0.3, -0.25) is 9.59 Å². The van der Waals surface area contributed by atoms with E-state index in [1.165, 1.54) is 20.8 Å². The molecule has 0 atom stereocenters. The van der Waals surface area contributed by atoms with Crippen LogP contribution in [0.15, 0.2) is 0 Å². The number of halogens is 6. The van der Waals surface area contributed by atoms with Crippen molar-refractivity contribution in [3.05, 3.63) is 0 Å². The monoisotopic (exact) mass is 309 g/mol. The molecule has 0 spiro atoms. The van der Waals surface area contributed by atoms with Gasteiger partial charge in [0.2, 0.25) is 0 Å². The number of alkyl halides is 6. The molecule has 0 aromatic rings. The number of nitrogens with zero attached hydrogens (tertiary/aromatic N) is 1. The van der Waals surface area contributed by atoms with Crippen molar-refractivity contribution in [2.24, 2.45) is 0 Å². The van der Waals surface area contributed by atoms with Crippen molar-refractivity contribution in [2.45, 2.75) is 38.4 Å². The van der Waals surface area contributed by atoms with Crippen LogP contribution in [0, 0.1) is 0 Å². The van der Waals surface area contributed by atoms with Gasteiger partial charge in [-0.2, -0.15) is 22.0 Å². The summed E-state index contributed by atoms with van der Waals surface area (Å²) in [6.45, 7) is 2.80. The van der Waals surface area contributed by atoms with Gasteiger partial charge in [0.1, 0.15) is 0 Å². The van der Waals surface area contributed by atoms with E-state index in [2.05, 4.69) is 0 Å². The number of hydrogen-bond donors (Lipinski definition) is 0. The zero-order chi connectivity index (χ0) is 15.6. The van der Waals surface area contributed by atoms with E-state index < -0.39 is 41.8 Å². The maximum absolute atomic E-state index is 13.0. The van der Waals surface area contributed by atoms with Gasteiger partial charge in [0.05, 0.1) is 12.4 Å². The van der Waals surface area contributed by atoms with Gasteiger partial charge in [-0.05, 0) is 20.8 Å². The minimum atomic E-state index is -6.02. The van der Waals surface area contributed by atoms with E-state index in [9.17, 15) is 31.5 Å². The van der Waals surface area contributed by atoms with Crippen LogP contribution in [0.2, 0.25) is 0 Å². The van der Waals surface area contributed by atoms with Gasteiger partial charge >= 0.3 is 18.0 Å². The van der Waals surface area contributed by atoms with E-state index in [0.29, 0.717) is 0 Å². The van der Waals surface area contributed by atoms with Crippen molar-refractivity contribution in [3.8, 4) is 0 Å². The number of hydrogen-bond acceptors (Lipinski definition) is 2. The Kier molecular flexibility index (Phi) is 5.33. The Labute approximate surface area is 111 Å². The van der Waals surface area contributed by atoms with Crippen molar-refractivity contribution in [1.82, 2.24) is 4.90 Å². The lowest BCUT2D eigenvalue weighted by Gasteiger charge is -2.37. The first kappa shape index (κ1) is 18.1. The van der Waals surface area contributed by atoms with Crippen molar-refractivity contribution >= 4 is 23.3 Å². The van der Waals surface area contributed by atoms with Gasteiger partial charge in [-0.25, -0.2) is 0 Å². The Morgan fingerprint density at radius 3 is 1.74 bits per heavy atom. The highest BCUT2D eigenvalue weighted by Gasteiger charge is 2.65. The molecular formula is C10H13ClF5NO2. The summed E-state index contributed by atoms with van der Waals surface area (Å²) >= 11 is 5.16. The second-order valence-electron chi connectivity index (χ2n) is 4.81. The van der Waals surface area contributed by atoms with Crippen LogP contribution in [0.4, 0.5) is 22.0 Å². The van der Waals surface area contributed by atoms with Gasteiger partial charge in [0, 0.05) is 5.54 Å². The Hall–Kier alpha value is -0.920. The van der Waals surface area contributed by atoms with Gasteiger partial charge < -0.3 is 4.90 Å². The fourth-order valence-corrected chi connectivity index (χ4v) is 1.21. The van der Waals surface area contributed by atoms with Gasteiger partial charge in [0.25, 0.3) is 0 Å². The summed E-state index contributed by atoms with van der Waals surface area (Å²) in [5, 5.41) is 0. The van der Waals surface area contributed by atoms with Gasteiger partial charge in [-0.15, -0.1) is 11.6 Å². The summed E-state index contributed by atoms with van der Waals surface area (Å²) in [5.41, 5.74) is -1.38. The van der Waals surface area contributed by atoms with E-state index in [1.807, 2.05) is 0 Å². The first-order valence-electron chi connectivity index (χ1n) is 5.09. The van der Waals surface area contributed by atoms with Crippen LogP contribution in [0.25, 0.3) is 0 Å². The molecule has 19 heavy (non-hydrogen) atoms. The summed E-state index contributed by atoms with van der Waals surface area (Å²) in [5.74, 6) is -9.43. The highest BCUT2D eigenvalue weighted by molar-refractivity contribution is 6.28. The van der Waals surface area contributed by atoms with Crippen LogP contribution in [0.5, 0.6) is 0 Å². The van der Waals surface area contributed by atoms with Crippen molar-refractivity contribution < 1.29 is 31.5 Å². The molecule has 0 aliphatic heterocycles. The number of amides is 1. The number of rotatable bonds is 4. The second kappa shape index (κ2) is 5.60. The zero-order valence-corrected chi connectivity index (χ0v) is 11.2. The highest BCUT2D eigenvalue weighted by Crippen LogP contribution is 2.38. The Bertz CT molecular complexity index is 362. The minimum Gasteiger partial charge on any atom is -0.325 e. The van der Waals surface area contributed by atoms with E-state index in [4.69, 9.17) is 11.6 Å². The number of carbonyl (C=O) groups excluding carboxylic acids is 2. The number of carbonyl (C=O) groups is 2. The number of ketones is 1. The highest BCUT2D eigenvalue weighted by atomic mass is 35.5. The van der Waals surface area contributed by atoms with E-state index in [1.54, 1.807) is 0 Å². The molecule has 0 aromatic carbocycles. The third-order valence-electron chi connectivity index (χ3n) is 2.16. The third kappa shape index (κ3) is 4.29. The molecule has 0 N–H and O–H groups in total. The lowest BCUT2D eigenvalue weighted by atomic mass is 10.0. The van der Waals surface area contributed by atoms with E-state index in [-0.39, 0.29) is 4.90 Å². The average molecular weight is 310 g/mol. The second-order valence-corrected chi connectivity index (χ2v) is 5.07. The Morgan fingerprint density at radius 1 is 1.05 bits per heavy atom. The summed E-state index contributed by atoms with van der Waals surface area (Å²) < 4.78 is 62.4. The lowest BCUT2D eigenvalue weighted by molar-refractivity contribution is -0.276. The van der Waals surface area contributed by atoms with Crippen LogP contribution in [0.1, 0.15) is 20.8 Å². The fourth-order valence-electron chi connectivity index (χ4n) is 1.12. The molecule has 0 radical (unpaired) electrons. The largest absolute Gasteiger partial charge is 0.463 e. The fraction of sp³-hybridized carbons (Fsp3) is 0.800. The van der Waals surface area contributed by atoms with Crippen LogP contribution < -0.4 is 0 Å². The predicted octanol–water partition coefficient (Wildman–Crippen LogP) is 2.62. The molecule has 3 nitrogen and oxygen atoms in total. The molecule has 0 aromatic heterocycles. The molecule has 0 saturated heterocycles. The standard InChI is InChI=1S/C10H13ClF5NO2/c1-8(2,3)17(5-6(18)4-11)7(19)9(12,13)10(14,15)16/h4-5H2,1-3H3. The van der Waals surface area contributed by atoms with Gasteiger partial charge in [-0.1, -0.05) is 0 Å². The molecule has 0 unspecified atom stereocenters.